The first kappa shape index (κ1) is 22.1. The quantitative estimate of drug-likeness (QED) is 0.332. The number of carboxylic acids is 2. The Kier molecular flexibility index (Phi) is 7.47. The van der Waals surface area contributed by atoms with E-state index in [2.05, 4.69) is 15.5 Å². The van der Waals surface area contributed by atoms with Crippen molar-refractivity contribution in [2.45, 2.75) is 56.7 Å². The summed E-state index contributed by atoms with van der Waals surface area (Å²) >= 11 is 0. The molecule has 0 saturated carbocycles. The molecule has 0 radical (unpaired) electrons. The Morgan fingerprint density at radius 3 is 2.59 bits per heavy atom. The average Bonchev–Trinajstić information content (AvgIpc) is 3.32. The number of amides is 3. The van der Waals surface area contributed by atoms with E-state index in [1.807, 2.05) is 0 Å². The summed E-state index contributed by atoms with van der Waals surface area (Å²) in [6.07, 6.45) is 0.749. The molecule has 0 aliphatic carbocycles. The molecule has 13 heteroatoms. The highest BCUT2D eigenvalue weighted by molar-refractivity contribution is 5.83. The van der Waals surface area contributed by atoms with Crippen LogP contribution in [0.1, 0.15) is 62.3 Å². The van der Waals surface area contributed by atoms with Crippen molar-refractivity contribution in [2.24, 2.45) is 11.5 Å². The van der Waals surface area contributed by atoms with Gasteiger partial charge in [-0.05, 0) is 25.7 Å². The Morgan fingerprint density at radius 2 is 1.97 bits per heavy atom. The lowest BCUT2D eigenvalue weighted by atomic mass is 10.1. The Bertz CT molecular complexity index is 767. The predicted octanol–water partition coefficient (Wildman–Crippen LogP) is -0.501. The standard InChI is InChI=1S/C16H24N6O7/c17-8(3-5-11(18)23)13-20-14(29-21-13)9(4-6-12(24)25)19-16(28)22-7-1-2-10(22)15(26)27/h8-10H,1-7,17H2,(H2,18,23)(H,19,28)(H,24,25)(H,26,27)/t8-,9-,10+/m0/s1. The minimum absolute atomic E-state index is 0.0236. The number of aliphatic carboxylic acids is 2. The van der Waals surface area contributed by atoms with E-state index in [0.717, 1.165) is 0 Å². The molecule has 0 bridgehead atoms. The maximum atomic E-state index is 12.5. The maximum Gasteiger partial charge on any atom is 0.326 e. The number of carbonyl (C=O) groups is 4. The lowest BCUT2D eigenvalue weighted by Gasteiger charge is -2.24. The van der Waals surface area contributed by atoms with E-state index in [4.69, 9.17) is 21.1 Å². The van der Waals surface area contributed by atoms with Crippen molar-refractivity contribution in [3.05, 3.63) is 11.7 Å². The summed E-state index contributed by atoms with van der Waals surface area (Å²) in [5.74, 6) is -2.71. The normalized spacial score (nSPS) is 18.2. The lowest BCUT2D eigenvalue weighted by Crippen LogP contribution is -2.47. The number of rotatable bonds is 10. The van der Waals surface area contributed by atoms with Crippen molar-refractivity contribution in [3.63, 3.8) is 0 Å². The van der Waals surface area contributed by atoms with Crippen LogP contribution in [0.5, 0.6) is 0 Å². The van der Waals surface area contributed by atoms with Gasteiger partial charge in [0.25, 0.3) is 0 Å². The van der Waals surface area contributed by atoms with E-state index < -0.39 is 42.0 Å². The number of hydrogen-bond acceptors (Lipinski definition) is 8. The molecule has 3 amide bonds. The van der Waals surface area contributed by atoms with E-state index in [1.165, 1.54) is 4.90 Å². The van der Waals surface area contributed by atoms with Gasteiger partial charge in [0.1, 0.15) is 12.1 Å². The molecule has 1 aliphatic heterocycles. The van der Waals surface area contributed by atoms with Gasteiger partial charge in [-0.1, -0.05) is 5.16 Å². The molecule has 1 aliphatic rings. The van der Waals surface area contributed by atoms with Gasteiger partial charge in [0, 0.05) is 19.4 Å². The molecule has 2 heterocycles. The summed E-state index contributed by atoms with van der Waals surface area (Å²) in [5, 5.41) is 24.5. The molecule has 160 valence electrons. The molecule has 29 heavy (non-hydrogen) atoms. The molecule has 3 atom stereocenters. The maximum absolute atomic E-state index is 12.5. The fourth-order valence-electron chi connectivity index (χ4n) is 2.99. The van der Waals surface area contributed by atoms with E-state index >= 15 is 0 Å². The first-order valence-electron chi connectivity index (χ1n) is 9.08. The van der Waals surface area contributed by atoms with Crippen LogP contribution in [0, 0.1) is 0 Å². The molecular formula is C16H24N6O7. The molecule has 7 N–H and O–H groups in total. The van der Waals surface area contributed by atoms with Gasteiger partial charge in [-0.15, -0.1) is 0 Å². The molecule has 1 fully saturated rings. The molecular weight excluding hydrogens is 388 g/mol. The van der Waals surface area contributed by atoms with Gasteiger partial charge in [0.2, 0.25) is 11.8 Å². The summed E-state index contributed by atoms with van der Waals surface area (Å²) in [7, 11) is 0. The Morgan fingerprint density at radius 1 is 1.24 bits per heavy atom. The SMILES string of the molecule is NC(=O)CC[C@H](N)c1noc([C@H](CCC(=O)O)NC(=O)N2CCC[C@@H]2C(=O)O)n1. The van der Waals surface area contributed by atoms with Gasteiger partial charge in [-0.2, -0.15) is 4.98 Å². The zero-order valence-corrected chi connectivity index (χ0v) is 15.6. The fraction of sp³-hybridized carbons (Fsp3) is 0.625. The fourth-order valence-corrected chi connectivity index (χ4v) is 2.99. The highest BCUT2D eigenvalue weighted by Gasteiger charge is 2.35. The number of nitrogens with zero attached hydrogens (tertiary/aromatic N) is 3. The van der Waals surface area contributed by atoms with E-state index in [1.54, 1.807) is 0 Å². The van der Waals surface area contributed by atoms with Gasteiger partial charge in [0.05, 0.1) is 6.04 Å². The Hall–Kier alpha value is -3.22. The van der Waals surface area contributed by atoms with Crippen LogP contribution >= 0.6 is 0 Å². The molecule has 13 nitrogen and oxygen atoms in total. The second-order valence-corrected chi connectivity index (χ2v) is 6.73. The molecule has 0 aromatic carbocycles. The molecule has 2 rings (SSSR count). The summed E-state index contributed by atoms with van der Waals surface area (Å²) in [6.45, 7) is 0.265. The molecule has 1 saturated heterocycles. The van der Waals surface area contributed by atoms with Gasteiger partial charge >= 0.3 is 18.0 Å². The number of nitrogens with two attached hydrogens (primary N) is 2. The number of likely N-dealkylation sites (tertiary alicyclic amines) is 1. The van der Waals surface area contributed by atoms with Crippen LogP contribution in [0.15, 0.2) is 4.52 Å². The number of carbonyl (C=O) groups excluding carboxylic acids is 2. The zero-order chi connectivity index (χ0) is 21.6. The Balaban J connectivity index is 2.11. The number of nitrogens with one attached hydrogen (secondary N) is 1. The third-order valence-electron chi connectivity index (χ3n) is 4.53. The van der Waals surface area contributed by atoms with Crippen LogP contribution in [0.2, 0.25) is 0 Å². The van der Waals surface area contributed by atoms with Crippen LogP contribution in [-0.2, 0) is 14.4 Å². The topological polar surface area (TPSA) is 215 Å². The first-order valence-corrected chi connectivity index (χ1v) is 9.08. The molecule has 0 spiro atoms. The number of aromatic nitrogens is 2. The largest absolute Gasteiger partial charge is 0.481 e. The van der Waals surface area contributed by atoms with E-state index in [0.29, 0.717) is 12.8 Å². The third kappa shape index (κ3) is 6.14. The number of primary amides is 1. The second-order valence-electron chi connectivity index (χ2n) is 6.73. The zero-order valence-electron chi connectivity index (χ0n) is 15.6. The van der Waals surface area contributed by atoms with Gasteiger partial charge in [-0.3, -0.25) is 9.59 Å². The van der Waals surface area contributed by atoms with Crippen LogP contribution in [0.3, 0.4) is 0 Å². The Labute approximate surface area is 165 Å². The summed E-state index contributed by atoms with van der Waals surface area (Å²) in [4.78, 5) is 50.9. The molecule has 1 aromatic rings. The summed E-state index contributed by atoms with van der Waals surface area (Å²) in [5.41, 5.74) is 11.0. The smallest absolute Gasteiger partial charge is 0.326 e. The van der Waals surface area contributed by atoms with Crippen LogP contribution in [-0.4, -0.2) is 61.7 Å². The minimum atomic E-state index is -1.11. The van der Waals surface area contributed by atoms with Crippen molar-refractivity contribution in [1.82, 2.24) is 20.4 Å². The van der Waals surface area contributed by atoms with E-state index in [9.17, 15) is 24.3 Å². The second kappa shape index (κ2) is 9.82. The minimum Gasteiger partial charge on any atom is -0.481 e. The number of carboxylic acid groups (broad SMARTS) is 2. The van der Waals surface area contributed by atoms with Crippen molar-refractivity contribution in [3.8, 4) is 0 Å². The molecule has 1 aromatic heterocycles. The monoisotopic (exact) mass is 412 g/mol. The van der Waals surface area contributed by atoms with Crippen molar-refractivity contribution in [1.29, 1.82) is 0 Å². The van der Waals surface area contributed by atoms with Crippen LogP contribution < -0.4 is 16.8 Å². The van der Waals surface area contributed by atoms with Gasteiger partial charge in [-0.25, -0.2) is 9.59 Å². The van der Waals surface area contributed by atoms with Gasteiger partial charge in [0.15, 0.2) is 5.82 Å². The van der Waals surface area contributed by atoms with Crippen molar-refractivity contribution in [2.75, 3.05) is 6.54 Å². The van der Waals surface area contributed by atoms with Gasteiger partial charge < -0.3 is 36.4 Å². The lowest BCUT2D eigenvalue weighted by molar-refractivity contribution is -0.141. The number of hydrogen-bond donors (Lipinski definition) is 5. The summed E-state index contributed by atoms with van der Waals surface area (Å²) in [6, 6.07) is -3.29. The van der Waals surface area contributed by atoms with Crippen LogP contribution in [0.25, 0.3) is 0 Å². The summed E-state index contributed by atoms with van der Waals surface area (Å²) < 4.78 is 5.13. The average molecular weight is 412 g/mol. The van der Waals surface area contributed by atoms with Crippen LogP contribution in [0.4, 0.5) is 4.79 Å². The van der Waals surface area contributed by atoms with Crippen molar-refractivity contribution >= 4 is 23.9 Å². The predicted molar refractivity (Wildman–Crippen MR) is 95.2 cm³/mol. The highest BCUT2D eigenvalue weighted by atomic mass is 16.5. The van der Waals surface area contributed by atoms with E-state index in [-0.39, 0.29) is 43.9 Å². The third-order valence-corrected chi connectivity index (χ3v) is 4.53. The highest BCUT2D eigenvalue weighted by Crippen LogP contribution is 2.23. The first-order chi connectivity index (χ1) is 13.7. The van der Waals surface area contributed by atoms with Crippen molar-refractivity contribution < 1.29 is 33.9 Å². The number of urea groups is 1. The molecule has 0 unspecified atom stereocenters.